The molecule has 128 valence electrons. The lowest BCUT2D eigenvalue weighted by atomic mass is 10.0. The van der Waals surface area contributed by atoms with Crippen LogP contribution >= 0.6 is 0 Å². The van der Waals surface area contributed by atoms with Crippen molar-refractivity contribution >= 4 is 16.0 Å². The summed E-state index contributed by atoms with van der Waals surface area (Å²) in [5.74, 6) is 1.38. The van der Waals surface area contributed by atoms with Crippen LogP contribution in [0, 0.1) is 5.92 Å². The van der Waals surface area contributed by atoms with Crippen molar-refractivity contribution in [2.24, 2.45) is 5.92 Å². The van der Waals surface area contributed by atoms with Crippen molar-refractivity contribution in [3.8, 4) is 0 Å². The molecule has 0 aliphatic carbocycles. The van der Waals surface area contributed by atoms with E-state index >= 15 is 0 Å². The van der Waals surface area contributed by atoms with Crippen molar-refractivity contribution in [2.45, 2.75) is 39.2 Å². The second-order valence-electron chi connectivity index (χ2n) is 6.65. The molecule has 0 saturated carbocycles. The number of hydrogen-bond acceptors (Lipinski definition) is 4. The molecule has 1 aromatic rings. The van der Waals surface area contributed by atoms with Gasteiger partial charge in [-0.15, -0.1) is 0 Å². The summed E-state index contributed by atoms with van der Waals surface area (Å²) in [5.41, 5.74) is 0.954. The number of piperidine rings is 1. The standard InChI is InChI=1S/C16H26N4O2S/c1-14-5-4-10-20(13-14)23(21,22)18-12-15-6-7-17-16(11-15)19-8-2-3-9-19/h6-7,11,14,18H,2-5,8-10,12-13H2,1H3/t14-/m0/s1. The monoisotopic (exact) mass is 338 g/mol. The first-order chi connectivity index (χ1) is 11.0. The average molecular weight is 338 g/mol. The lowest BCUT2D eigenvalue weighted by molar-refractivity contribution is 0.278. The maximum atomic E-state index is 12.4. The van der Waals surface area contributed by atoms with Crippen LogP contribution in [-0.2, 0) is 16.8 Å². The first kappa shape index (κ1) is 16.7. The van der Waals surface area contributed by atoms with E-state index in [0.29, 0.717) is 25.6 Å². The van der Waals surface area contributed by atoms with E-state index in [1.165, 1.54) is 12.8 Å². The summed E-state index contributed by atoms with van der Waals surface area (Å²) in [6.07, 6.45) is 6.21. The molecule has 2 aliphatic heterocycles. The van der Waals surface area contributed by atoms with Gasteiger partial charge in [0.05, 0.1) is 0 Å². The maximum Gasteiger partial charge on any atom is 0.279 e. The Morgan fingerprint density at radius 1 is 1.26 bits per heavy atom. The molecular weight excluding hydrogens is 312 g/mol. The zero-order valence-corrected chi connectivity index (χ0v) is 14.6. The van der Waals surface area contributed by atoms with Crippen LogP contribution in [0.2, 0.25) is 0 Å². The Balaban J connectivity index is 1.62. The highest BCUT2D eigenvalue weighted by atomic mass is 32.2. The Labute approximate surface area is 139 Å². The van der Waals surface area contributed by atoms with Crippen LogP contribution in [0.1, 0.15) is 38.2 Å². The van der Waals surface area contributed by atoms with Crippen molar-refractivity contribution in [1.82, 2.24) is 14.0 Å². The van der Waals surface area contributed by atoms with Crippen LogP contribution in [0.5, 0.6) is 0 Å². The molecule has 2 aliphatic rings. The first-order valence-corrected chi connectivity index (χ1v) is 9.93. The lowest BCUT2D eigenvalue weighted by Crippen LogP contribution is -2.45. The van der Waals surface area contributed by atoms with E-state index in [-0.39, 0.29) is 0 Å². The maximum absolute atomic E-state index is 12.4. The molecule has 0 radical (unpaired) electrons. The Morgan fingerprint density at radius 3 is 2.78 bits per heavy atom. The summed E-state index contributed by atoms with van der Waals surface area (Å²) in [4.78, 5) is 6.66. The predicted octanol–water partition coefficient (Wildman–Crippen LogP) is 1.75. The molecule has 3 rings (SSSR count). The van der Waals surface area contributed by atoms with Gasteiger partial charge >= 0.3 is 0 Å². The van der Waals surface area contributed by atoms with Gasteiger partial charge in [0.25, 0.3) is 10.2 Å². The van der Waals surface area contributed by atoms with Gasteiger partial charge in [-0.05, 0) is 49.3 Å². The third-order valence-electron chi connectivity index (χ3n) is 4.66. The smallest absolute Gasteiger partial charge is 0.279 e. The normalized spacial score (nSPS) is 23.3. The minimum absolute atomic E-state index is 0.316. The Morgan fingerprint density at radius 2 is 2.04 bits per heavy atom. The Hall–Kier alpha value is -1.18. The van der Waals surface area contributed by atoms with E-state index in [9.17, 15) is 8.42 Å². The molecule has 1 N–H and O–H groups in total. The third-order valence-corrected chi connectivity index (χ3v) is 6.18. The predicted molar refractivity (Wildman–Crippen MR) is 91.4 cm³/mol. The van der Waals surface area contributed by atoms with Gasteiger partial charge < -0.3 is 4.90 Å². The van der Waals surface area contributed by atoms with Gasteiger partial charge in [0.15, 0.2) is 0 Å². The molecule has 23 heavy (non-hydrogen) atoms. The summed E-state index contributed by atoms with van der Waals surface area (Å²) in [6, 6.07) is 3.87. The van der Waals surface area contributed by atoms with Crippen LogP contribution in [0.15, 0.2) is 18.3 Å². The van der Waals surface area contributed by atoms with E-state index < -0.39 is 10.2 Å². The van der Waals surface area contributed by atoms with Gasteiger partial charge in [-0.25, -0.2) is 4.98 Å². The van der Waals surface area contributed by atoms with E-state index in [1.807, 2.05) is 12.1 Å². The third kappa shape index (κ3) is 4.22. The highest BCUT2D eigenvalue weighted by Crippen LogP contribution is 2.20. The number of aromatic nitrogens is 1. The molecule has 1 atom stereocenters. The summed E-state index contributed by atoms with van der Waals surface area (Å²) in [7, 11) is -3.40. The van der Waals surface area contributed by atoms with E-state index in [2.05, 4.69) is 21.5 Å². The zero-order chi connectivity index (χ0) is 16.3. The number of nitrogens with zero attached hydrogens (tertiary/aromatic N) is 3. The number of anilines is 1. The van der Waals surface area contributed by atoms with Crippen molar-refractivity contribution in [2.75, 3.05) is 31.1 Å². The van der Waals surface area contributed by atoms with Crippen molar-refractivity contribution in [3.63, 3.8) is 0 Å². The van der Waals surface area contributed by atoms with Gasteiger partial charge in [0, 0.05) is 38.9 Å². The fraction of sp³-hybridized carbons (Fsp3) is 0.688. The quantitative estimate of drug-likeness (QED) is 0.888. The van der Waals surface area contributed by atoms with Crippen molar-refractivity contribution < 1.29 is 8.42 Å². The summed E-state index contributed by atoms with van der Waals surface area (Å²) in [6.45, 7) is 5.73. The molecule has 1 aromatic heterocycles. The number of pyridine rings is 1. The lowest BCUT2D eigenvalue weighted by Gasteiger charge is -2.30. The number of rotatable bonds is 5. The molecule has 2 fully saturated rings. The average Bonchev–Trinajstić information content (AvgIpc) is 3.08. The highest BCUT2D eigenvalue weighted by molar-refractivity contribution is 7.87. The molecule has 3 heterocycles. The van der Waals surface area contributed by atoms with Crippen LogP contribution < -0.4 is 9.62 Å². The second-order valence-corrected chi connectivity index (χ2v) is 8.40. The minimum Gasteiger partial charge on any atom is -0.357 e. The van der Waals surface area contributed by atoms with E-state index in [4.69, 9.17) is 0 Å². The summed E-state index contributed by atoms with van der Waals surface area (Å²) < 4.78 is 29.2. The second kappa shape index (κ2) is 7.15. The number of hydrogen-bond donors (Lipinski definition) is 1. The van der Waals surface area contributed by atoms with Gasteiger partial charge in [0.2, 0.25) is 0 Å². The molecule has 0 bridgehead atoms. The molecule has 0 amide bonds. The van der Waals surface area contributed by atoms with E-state index in [0.717, 1.165) is 37.3 Å². The van der Waals surface area contributed by atoms with Gasteiger partial charge in [-0.3, -0.25) is 0 Å². The van der Waals surface area contributed by atoms with Gasteiger partial charge in [-0.2, -0.15) is 17.4 Å². The summed E-state index contributed by atoms with van der Waals surface area (Å²) in [5, 5.41) is 0. The molecule has 0 unspecified atom stereocenters. The summed E-state index contributed by atoms with van der Waals surface area (Å²) >= 11 is 0. The Kier molecular flexibility index (Phi) is 5.18. The van der Waals surface area contributed by atoms with Crippen LogP contribution in [0.4, 0.5) is 5.82 Å². The SMILES string of the molecule is C[C@H]1CCCN(S(=O)(=O)NCc2ccnc(N3CCCC3)c2)C1. The van der Waals surface area contributed by atoms with Crippen molar-refractivity contribution in [1.29, 1.82) is 0 Å². The van der Waals surface area contributed by atoms with Gasteiger partial charge in [0.1, 0.15) is 5.82 Å². The Bertz CT molecular complexity index is 629. The molecule has 0 aromatic carbocycles. The van der Waals surface area contributed by atoms with Crippen LogP contribution in [0.25, 0.3) is 0 Å². The molecule has 7 heteroatoms. The highest BCUT2D eigenvalue weighted by Gasteiger charge is 2.26. The first-order valence-electron chi connectivity index (χ1n) is 8.49. The molecular formula is C16H26N4O2S. The van der Waals surface area contributed by atoms with E-state index in [1.54, 1.807) is 10.5 Å². The topological polar surface area (TPSA) is 65.5 Å². The van der Waals surface area contributed by atoms with Crippen LogP contribution in [-0.4, -0.2) is 43.9 Å². The fourth-order valence-corrected chi connectivity index (χ4v) is 4.67. The minimum atomic E-state index is -3.40. The fourth-order valence-electron chi connectivity index (χ4n) is 3.32. The number of nitrogens with one attached hydrogen (secondary N) is 1. The van der Waals surface area contributed by atoms with Crippen LogP contribution in [0.3, 0.4) is 0 Å². The largest absolute Gasteiger partial charge is 0.357 e. The molecule has 2 saturated heterocycles. The molecule has 6 nitrogen and oxygen atoms in total. The zero-order valence-electron chi connectivity index (χ0n) is 13.7. The van der Waals surface area contributed by atoms with Crippen molar-refractivity contribution in [3.05, 3.63) is 23.9 Å². The van der Waals surface area contributed by atoms with Gasteiger partial charge in [-0.1, -0.05) is 6.92 Å². The molecule has 0 spiro atoms.